The fourth-order valence-electron chi connectivity index (χ4n) is 7.10. The summed E-state index contributed by atoms with van der Waals surface area (Å²) in [5, 5.41) is 0.618. The molecule has 5 rings (SSSR count). The van der Waals surface area contributed by atoms with Crippen LogP contribution < -0.4 is 0 Å². The van der Waals surface area contributed by atoms with Gasteiger partial charge in [-0.15, -0.1) is 0 Å². The minimum atomic E-state index is -0.787. The largest absolute Gasteiger partial charge is 0.498 e. The van der Waals surface area contributed by atoms with Crippen molar-refractivity contribution in [3.8, 4) is 5.69 Å². The van der Waals surface area contributed by atoms with E-state index in [1.54, 1.807) is 14.2 Å². The van der Waals surface area contributed by atoms with E-state index < -0.39 is 17.1 Å². The summed E-state index contributed by atoms with van der Waals surface area (Å²) in [5.41, 5.74) is 1.56. The number of Topliss-reactive ketones (excluding diaryl/α,β-unsaturated/α-hetero) is 1. The Balaban J connectivity index is 1.45. The highest BCUT2D eigenvalue weighted by Crippen LogP contribution is 2.50. The molecule has 0 saturated heterocycles. The predicted molar refractivity (Wildman–Crippen MR) is 161 cm³/mol. The number of allylic oxidation sites excluding steroid dienone is 2. The van der Waals surface area contributed by atoms with Crippen LogP contribution in [0.15, 0.2) is 60.5 Å². The van der Waals surface area contributed by atoms with Gasteiger partial charge in [0.2, 0.25) is 0 Å². The number of fused-ring (bicyclic) bond motifs is 3. The van der Waals surface area contributed by atoms with Crippen molar-refractivity contribution >= 4 is 23.4 Å². The van der Waals surface area contributed by atoms with E-state index in [9.17, 15) is 9.59 Å². The lowest BCUT2D eigenvalue weighted by atomic mass is 9.67. The minimum Gasteiger partial charge on any atom is -0.498 e. The van der Waals surface area contributed by atoms with Crippen LogP contribution >= 0.6 is 11.6 Å². The molecular weight excluding hydrogens is 554 g/mol. The van der Waals surface area contributed by atoms with Crippen molar-refractivity contribution in [3.63, 3.8) is 0 Å². The van der Waals surface area contributed by atoms with Crippen LogP contribution in [0.2, 0.25) is 5.02 Å². The van der Waals surface area contributed by atoms with E-state index in [0.717, 1.165) is 36.2 Å². The fourth-order valence-corrected chi connectivity index (χ4v) is 7.28. The Kier molecular flexibility index (Phi) is 9.02. The van der Waals surface area contributed by atoms with E-state index in [1.807, 2.05) is 63.4 Å². The Morgan fingerprint density at radius 1 is 1.19 bits per heavy atom. The molecule has 6 atom stereocenters. The van der Waals surface area contributed by atoms with Gasteiger partial charge in [0, 0.05) is 41.6 Å². The molecule has 1 aromatic heterocycles. The number of ether oxygens (including phenoxy) is 4. The van der Waals surface area contributed by atoms with Gasteiger partial charge in [-0.2, -0.15) is 0 Å². The second-order valence-electron chi connectivity index (χ2n) is 12.1. The molecule has 0 bridgehead atoms. The Morgan fingerprint density at radius 2 is 2.00 bits per heavy atom. The highest BCUT2D eigenvalue weighted by molar-refractivity contribution is 6.30. The van der Waals surface area contributed by atoms with Gasteiger partial charge in [-0.3, -0.25) is 9.59 Å². The predicted octanol–water partition coefficient (Wildman–Crippen LogP) is 7.47. The lowest BCUT2D eigenvalue weighted by molar-refractivity contribution is -0.152. The van der Waals surface area contributed by atoms with E-state index in [0.29, 0.717) is 36.7 Å². The molecule has 0 spiro atoms. The number of hydrogen-bond donors (Lipinski definition) is 0. The van der Waals surface area contributed by atoms with Crippen molar-refractivity contribution < 1.29 is 28.5 Å². The second-order valence-corrected chi connectivity index (χ2v) is 12.5. The van der Waals surface area contributed by atoms with Crippen molar-refractivity contribution in [2.24, 2.45) is 17.3 Å². The van der Waals surface area contributed by atoms with Crippen LogP contribution in [-0.2, 0) is 28.5 Å². The first-order valence-corrected chi connectivity index (χ1v) is 15.3. The Morgan fingerprint density at radius 3 is 2.74 bits per heavy atom. The second kappa shape index (κ2) is 12.4. The zero-order valence-corrected chi connectivity index (χ0v) is 26.0. The van der Waals surface area contributed by atoms with Crippen LogP contribution in [0.5, 0.6) is 0 Å². The summed E-state index contributed by atoms with van der Waals surface area (Å²) in [6.07, 6.45) is 11.0. The number of benzene rings is 1. The lowest BCUT2D eigenvalue weighted by Crippen LogP contribution is -2.43. The average Bonchev–Trinajstić information content (AvgIpc) is 3.43. The van der Waals surface area contributed by atoms with E-state index in [4.69, 9.17) is 30.5 Å². The van der Waals surface area contributed by atoms with E-state index in [2.05, 4.69) is 16.7 Å². The molecule has 1 aliphatic heterocycles. The van der Waals surface area contributed by atoms with Crippen LogP contribution in [0.4, 0.5) is 0 Å². The van der Waals surface area contributed by atoms with Crippen LogP contribution in [0, 0.1) is 17.3 Å². The molecule has 42 heavy (non-hydrogen) atoms. The third-order valence-corrected chi connectivity index (χ3v) is 9.78. The highest BCUT2D eigenvalue weighted by Gasteiger charge is 2.47. The highest BCUT2D eigenvalue weighted by atomic mass is 35.5. The molecule has 1 fully saturated rings. The van der Waals surface area contributed by atoms with E-state index >= 15 is 0 Å². The first-order valence-electron chi connectivity index (χ1n) is 15.0. The smallest absolute Gasteiger partial charge is 0.308 e. The zero-order chi connectivity index (χ0) is 30.1. The maximum atomic E-state index is 13.8. The maximum absolute atomic E-state index is 13.8. The van der Waals surface area contributed by atoms with Gasteiger partial charge in [0.25, 0.3) is 0 Å². The Labute approximate surface area is 253 Å². The summed E-state index contributed by atoms with van der Waals surface area (Å²) in [4.78, 5) is 26.3. The molecule has 1 aromatic carbocycles. The quantitative estimate of drug-likeness (QED) is 0.280. The van der Waals surface area contributed by atoms with Gasteiger partial charge in [-0.1, -0.05) is 37.1 Å². The molecule has 0 radical (unpaired) electrons. The number of halogens is 1. The van der Waals surface area contributed by atoms with Gasteiger partial charge in [0.1, 0.15) is 17.1 Å². The van der Waals surface area contributed by atoms with Crippen molar-refractivity contribution in [3.05, 3.63) is 76.8 Å². The topological polar surface area (TPSA) is 76.0 Å². The van der Waals surface area contributed by atoms with Gasteiger partial charge in [-0.05, 0) is 75.9 Å². The first-order chi connectivity index (χ1) is 20.1. The molecule has 0 amide bonds. The number of carbonyl (C=O) groups is 2. The van der Waals surface area contributed by atoms with Crippen LogP contribution in [0.1, 0.15) is 82.8 Å². The van der Waals surface area contributed by atoms with Crippen molar-refractivity contribution in [2.45, 2.75) is 77.1 Å². The van der Waals surface area contributed by atoms with Crippen LogP contribution in [-0.4, -0.2) is 42.7 Å². The molecule has 2 aliphatic carbocycles. The SMILES string of the molecule is CCOC(=O)C1CCCC(C)(C(=O)CC[C@H]2O[C@H](C3C=CC=C(OC)[C@]3(C)OC)c3cc(Cl)ccc3-n3cccc32)C1. The molecule has 226 valence electrons. The normalized spacial score (nSPS) is 30.5. The molecule has 1 saturated carbocycles. The maximum Gasteiger partial charge on any atom is 0.308 e. The molecule has 3 aliphatic rings. The van der Waals surface area contributed by atoms with Gasteiger partial charge >= 0.3 is 5.97 Å². The number of aromatic nitrogens is 1. The van der Waals surface area contributed by atoms with Gasteiger partial charge in [0.05, 0.1) is 43.2 Å². The molecule has 2 aromatic rings. The third kappa shape index (κ3) is 5.59. The third-order valence-electron chi connectivity index (χ3n) is 9.54. The molecule has 3 unspecified atom stereocenters. The van der Waals surface area contributed by atoms with Crippen LogP contribution in [0.25, 0.3) is 5.69 Å². The van der Waals surface area contributed by atoms with Gasteiger partial charge < -0.3 is 23.5 Å². The molecule has 7 nitrogen and oxygen atoms in total. The standard InChI is InChI=1S/C34H42ClNO6/c1-6-41-32(38)22-10-8-18-33(2,21-22)29(37)17-16-28-27-12-9-19-36(27)26-15-14-23(35)20-24(26)31(42-28)25-11-7-13-30(39-4)34(25,3)40-5/h7,9,11-15,19-20,22,25,28,31H,6,8,10,16-18,21H2,1-5H3/t22?,25?,28-,31+,33?,34-/m1/s1. The number of esters is 1. The van der Waals surface area contributed by atoms with Crippen molar-refractivity contribution in [2.75, 3.05) is 20.8 Å². The van der Waals surface area contributed by atoms with Crippen molar-refractivity contribution in [1.29, 1.82) is 0 Å². The summed E-state index contributed by atoms with van der Waals surface area (Å²) in [7, 11) is 3.33. The monoisotopic (exact) mass is 595 g/mol. The Bertz CT molecular complexity index is 1380. The average molecular weight is 596 g/mol. The summed E-state index contributed by atoms with van der Waals surface area (Å²) in [6.45, 7) is 6.19. The summed E-state index contributed by atoms with van der Waals surface area (Å²) >= 11 is 6.56. The summed E-state index contributed by atoms with van der Waals surface area (Å²) < 4.78 is 26.3. The zero-order valence-electron chi connectivity index (χ0n) is 25.2. The molecule has 0 N–H and O–H groups in total. The number of rotatable bonds is 9. The first kappa shape index (κ1) is 30.6. The molecular formula is C34H42ClNO6. The number of nitrogens with zero attached hydrogens (tertiary/aromatic N) is 1. The fraction of sp³-hybridized carbons (Fsp3) is 0.529. The minimum absolute atomic E-state index is 0.170. The van der Waals surface area contributed by atoms with E-state index in [1.165, 1.54) is 0 Å². The number of methoxy groups -OCH3 is 2. The van der Waals surface area contributed by atoms with E-state index in [-0.39, 0.29) is 29.7 Å². The summed E-state index contributed by atoms with van der Waals surface area (Å²) in [6, 6.07) is 9.94. The van der Waals surface area contributed by atoms with Gasteiger partial charge in [0.15, 0.2) is 0 Å². The Hall–Kier alpha value is -2.87. The number of carbonyl (C=O) groups excluding carboxylic acids is 2. The van der Waals surface area contributed by atoms with Crippen LogP contribution in [0.3, 0.4) is 0 Å². The summed E-state index contributed by atoms with van der Waals surface area (Å²) in [5.74, 6) is 0.232. The van der Waals surface area contributed by atoms with Gasteiger partial charge in [-0.25, -0.2) is 0 Å². The number of ketones is 1. The lowest BCUT2D eigenvalue weighted by Gasteiger charge is -2.42. The molecule has 8 heteroatoms. The van der Waals surface area contributed by atoms with Crippen molar-refractivity contribution in [1.82, 2.24) is 4.57 Å². The molecule has 2 heterocycles. The number of hydrogen-bond acceptors (Lipinski definition) is 6.